The molecule has 1 aromatic rings. The van der Waals surface area contributed by atoms with Crippen LogP contribution < -0.4 is 0 Å². The van der Waals surface area contributed by atoms with Crippen LogP contribution in [0.3, 0.4) is 0 Å². The maximum atomic E-state index is 10.2. The molecule has 1 aromatic carbocycles. The average molecular weight is 205 g/mol. The summed E-state index contributed by atoms with van der Waals surface area (Å²) in [6.45, 7) is 0. The number of hydrogen-bond donors (Lipinski definition) is 2. The largest absolute Gasteiger partial charge is 0.478 e. The highest BCUT2D eigenvalue weighted by atomic mass is 32.1. The number of nitriles is 1. The van der Waals surface area contributed by atoms with Gasteiger partial charge >= 0.3 is 5.97 Å². The zero-order valence-electron chi connectivity index (χ0n) is 7.14. The number of carboxylic acid groups (broad SMARTS) is 1. The van der Waals surface area contributed by atoms with Crippen molar-refractivity contribution in [1.82, 2.24) is 0 Å². The van der Waals surface area contributed by atoms with Crippen molar-refractivity contribution in [2.75, 3.05) is 0 Å². The van der Waals surface area contributed by atoms with E-state index in [9.17, 15) is 4.79 Å². The summed E-state index contributed by atoms with van der Waals surface area (Å²) in [6.07, 6.45) is 2.47. The molecule has 4 heteroatoms. The number of benzene rings is 1. The highest BCUT2D eigenvalue weighted by Crippen LogP contribution is 2.16. The van der Waals surface area contributed by atoms with E-state index in [-0.39, 0.29) is 0 Å². The van der Waals surface area contributed by atoms with E-state index in [2.05, 4.69) is 12.6 Å². The minimum absolute atomic E-state index is 0.502. The zero-order chi connectivity index (χ0) is 10.6. The Balaban J connectivity index is 3.02. The molecule has 1 N–H and O–H groups in total. The lowest BCUT2D eigenvalue weighted by Crippen LogP contribution is -1.86. The minimum Gasteiger partial charge on any atom is -0.478 e. The van der Waals surface area contributed by atoms with E-state index in [4.69, 9.17) is 10.4 Å². The molecular formula is C10H7NO2S. The molecule has 0 spiro atoms. The SMILES string of the molecule is N#Cc1ccc(C=CC(=O)O)c(S)c1. The molecule has 1 rings (SSSR count). The first-order chi connectivity index (χ1) is 6.63. The Hall–Kier alpha value is -1.73. The Morgan fingerprint density at radius 3 is 2.79 bits per heavy atom. The van der Waals surface area contributed by atoms with E-state index < -0.39 is 5.97 Å². The third-order valence-electron chi connectivity index (χ3n) is 1.57. The summed E-state index contributed by atoms with van der Waals surface area (Å²) >= 11 is 4.13. The van der Waals surface area contributed by atoms with Crippen molar-refractivity contribution in [1.29, 1.82) is 5.26 Å². The van der Waals surface area contributed by atoms with Gasteiger partial charge in [-0.15, -0.1) is 12.6 Å². The van der Waals surface area contributed by atoms with Crippen LogP contribution in [0.1, 0.15) is 11.1 Å². The van der Waals surface area contributed by atoms with Crippen LogP contribution in [-0.2, 0) is 4.79 Å². The second-order valence-corrected chi connectivity index (χ2v) is 3.04. The fourth-order valence-corrected chi connectivity index (χ4v) is 1.20. The molecule has 0 amide bonds. The predicted molar refractivity (Wildman–Crippen MR) is 55.1 cm³/mol. The summed E-state index contributed by atoms with van der Waals surface area (Å²) in [5.41, 5.74) is 1.18. The van der Waals surface area contributed by atoms with E-state index in [1.807, 2.05) is 6.07 Å². The Morgan fingerprint density at radius 2 is 2.29 bits per heavy atom. The second-order valence-electron chi connectivity index (χ2n) is 2.56. The van der Waals surface area contributed by atoms with Crippen LogP contribution >= 0.6 is 12.6 Å². The average Bonchev–Trinajstić information content (AvgIpc) is 2.15. The number of nitrogens with zero attached hydrogens (tertiary/aromatic N) is 1. The van der Waals surface area contributed by atoms with Crippen LogP contribution in [0.4, 0.5) is 0 Å². The molecule has 0 saturated carbocycles. The summed E-state index contributed by atoms with van der Waals surface area (Å²) < 4.78 is 0. The monoisotopic (exact) mass is 205 g/mol. The van der Waals surface area contributed by atoms with Gasteiger partial charge in [-0.1, -0.05) is 6.07 Å². The van der Waals surface area contributed by atoms with Crippen LogP contribution in [0.15, 0.2) is 29.2 Å². The minimum atomic E-state index is -1.01. The van der Waals surface area contributed by atoms with Gasteiger partial charge in [-0.3, -0.25) is 0 Å². The third kappa shape index (κ3) is 2.64. The molecule has 0 bridgehead atoms. The second kappa shape index (κ2) is 4.49. The molecule has 0 unspecified atom stereocenters. The summed E-state index contributed by atoms with van der Waals surface area (Å²) in [4.78, 5) is 10.8. The van der Waals surface area contributed by atoms with Gasteiger partial charge in [-0.25, -0.2) is 4.79 Å². The van der Waals surface area contributed by atoms with Crippen LogP contribution in [-0.4, -0.2) is 11.1 Å². The zero-order valence-corrected chi connectivity index (χ0v) is 8.03. The molecule has 70 valence electrons. The van der Waals surface area contributed by atoms with Gasteiger partial charge in [0.1, 0.15) is 0 Å². The Labute approximate surface area is 86.7 Å². The number of hydrogen-bond acceptors (Lipinski definition) is 3. The van der Waals surface area contributed by atoms with E-state index in [0.717, 1.165) is 6.08 Å². The lowest BCUT2D eigenvalue weighted by molar-refractivity contribution is -0.131. The van der Waals surface area contributed by atoms with Crippen molar-refractivity contribution in [3.05, 3.63) is 35.4 Å². The first-order valence-electron chi connectivity index (χ1n) is 3.77. The molecule has 0 heterocycles. The maximum Gasteiger partial charge on any atom is 0.328 e. The molecular weight excluding hydrogens is 198 g/mol. The third-order valence-corrected chi connectivity index (χ3v) is 1.95. The molecule has 0 atom stereocenters. The van der Waals surface area contributed by atoms with Crippen LogP contribution in [0.5, 0.6) is 0 Å². The van der Waals surface area contributed by atoms with Gasteiger partial charge in [-0.05, 0) is 23.8 Å². The molecule has 0 aliphatic rings. The molecule has 0 aromatic heterocycles. The number of aliphatic carboxylic acids is 1. The quantitative estimate of drug-likeness (QED) is 0.573. The Morgan fingerprint density at radius 1 is 1.57 bits per heavy atom. The van der Waals surface area contributed by atoms with E-state index in [1.54, 1.807) is 18.2 Å². The fourth-order valence-electron chi connectivity index (χ4n) is 0.915. The molecule has 14 heavy (non-hydrogen) atoms. The smallest absolute Gasteiger partial charge is 0.328 e. The van der Waals surface area contributed by atoms with Crippen molar-refractivity contribution in [2.24, 2.45) is 0 Å². The van der Waals surface area contributed by atoms with Gasteiger partial charge in [0.15, 0.2) is 0 Å². The van der Waals surface area contributed by atoms with Crippen molar-refractivity contribution in [3.63, 3.8) is 0 Å². The standard InChI is InChI=1S/C10H7NO2S/c11-6-7-1-2-8(9(14)5-7)3-4-10(12)13/h1-5,14H,(H,12,13). The number of thiol groups is 1. The molecule has 0 aliphatic carbocycles. The van der Waals surface area contributed by atoms with Crippen molar-refractivity contribution < 1.29 is 9.90 Å². The number of carbonyl (C=O) groups is 1. The Bertz CT molecular complexity index is 432. The van der Waals surface area contributed by atoms with E-state index in [1.165, 1.54) is 6.08 Å². The summed E-state index contributed by atoms with van der Waals surface area (Å²) in [6, 6.07) is 6.82. The highest BCUT2D eigenvalue weighted by Gasteiger charge is 1.97. The van der Waals surface area contributed by atoms with Gasteiger partial charge < -0.3 is 5.11 Å². The first kappa shape index (κ1) is 10.4. The van der Waals surface area contributed by atoms with Gasteiger partial charge in [-0.2, -0.15) is 5.26 Å². The van der Waals surface area contributed by atoms with Gasteiger partial charge in [0, 0.05) is 11.0 Å². The molecule has 0 aliphatic heterocycles. The normalized spacial score (nSPS) is 10.0. The maximum absolute atomic E-state index is 10.2. The van der Waals surface area contributed by atoms with Crippen LogP contribution in [0.25, 0.3) is 6.08 Å². The van der Waals surface area contributed by atoms with E-state index in [0.29, 0.717) is 16.0 Å². The van der Waals surface area contributed by atoms with Gasteiger partial charge in [0.25, 0.3) is 0 Å². The molecule has 0 fully saturated rings. The van der Waals surface area contributed by atoms with Gasteiger partial charge in [0.05, 0.1) is 11.6 Å². The predicted octanol–water partition coefficient (Wildman–Crippen LogP) is 1.94. The molecule has 0 saturated heterocycles. The lowest BCUT2D eigenvalue weighted by Gasteiger charge is -1.98. The van der Waals surface area contributed by atoms with Crippen molar-refractivity contribution >= 4 is 24.7 Å². The molecule has 3 nitrogen and oxygen atoms in total. The van der Waals surface area contributed by atoms with Crippen LogP contribution in [0.2, 0.25) is 0 Å². The molecule has 0 radical (unpaired) electrons. The van der Waals surface area contributed by atoms with Crippen LogP contribution in [0, 0.1) is 11.3 Å². The van der Waals surface area contributed by atoms with Gasteiger partial charge in [0.2, 0.25) is 0 Å². The van der Waals surface area contributed by atoms with E-state index >= 15 is 0 Å². The van der Waals surface area contributed by atoms with Crippen molar-refractivity contribution in [3.8, 4) is 6.07 Å². The lowest BCUT2D eigenvalue weighted by atomic mass is 10.1. The highest BCUT2D eigenvalue weighted by molar-refractivity contribution is 7.80. The summed E-state index contributed by atoms with van der Waals surface area (Å²) in [5, 5.41) is 17.0. The first-order valence-corrected chi connectivity index (χ1v) is 4.22. The topological polar surface area (TPSA) is 61.1 Å². The summed E-state index contributed by atoms with van der Waals surface area (Å²) in [7, 11) is 0. The fraction of sp³-hybridized carbons (Fsp3) is 0. The number of carboxylic acids is 1. The summed E-state index contributed by atoms with van der Waals surface area (Å²) in [5.74, 6) is -1.01. The number of rotatable bonds is 2. The Kier molecular flexibility index (Phi) is 3.32. The van der Waals surface area contributed by atoms with Crippen molar-refractivity contribution in [2.45, 2.75) is 4.90 Å².